The van der Waals surface area contributed by atoms with Gasteiger partial charge in [0.2, 0.25) is 5.91 Å². The van der Waals surface area contributed by atoms with Crippen LogP contribution >= 0.6 is 0 Å². The molecule has 1 N–H and O–H groups in total. The van der Waals surface area contributed by atoms with Crippen LogP contribution in [0.1, 0.15) is 47.6 Å². The Kier molecular flexibility index (Phi) is 6.80. The van der Waals surface area contributed by atoms with Crippen LogP contribution in [-0.2, 0) is 11.2 Å². The Morgan fingerprint density at radius 3 is 2.45 bits per heavy atom. The number of amides is 1. The number of phenolic OH excluding ortho intramolecular Hbond substituents is 1. The molecule has 1 fully saturated rings. The molecule has 0 saturated carbocycles. The molecule has 1 unspecified atom stereocenters. The maximum Gasteiger partial charge on any atom is 0.246 e. The number of phenols is 1. The Bertz CT molecular complexity index is 1040. The number of rotatable bonds is 5. The molecule has 176 valence electrons. The van der Waals surface area contributed by atoms with E-state index in [1.54, 1.807) is 6.08 Å². The third-order valence-electron chi connectivity index (χ3n) is 7.45. The van der Waals surface area contributed by atoms with E-state index in [0.29, 0.717) is 5.75 Å². The van der Waals surface area contributed by atoms with Crippen LogP contribution in [-0.4, -0.2) is 59.1 Å². The molecule has 0 aromatic heterocycles. The molecular weight excluding hydrogens is 412 g/mol. The van der Waals surface area contributed by atoms with Gasteiger partial charge in [-0.15, -0.1) is 0 Å². The number of ether oxygens (including phenoxy) is 1. The van der Waals surface area contributed by atoms with Crippen molar-refractivity contribution in [2.24, 2.45) is 0 Å². The first kappa shape index (κ1) is 23.4. The molecule has 33 heavy (non-hydrogen) atoms. The largest absolute Gasteiger partial charge is 0.507 e. The van der Waals surface area contributed by atoms with Gasteiger partial charge >= 0.3 is 0 Å². The van der Waals surface area contributed by atoms with Crippen LogP contribution in [0, 0.1) is 20.8 Å². The highest BCUT2D eigenvalue weighted by molar-refractivity contribution is 5.91. The Balaban J connectivity index is 1.30. The van der Waals surface area contributed by atoms with E-state index in [1.165, 1.54) is 0 Å². The number of aromatic hydroxyl groups is 1. The standard InChI is InChI=1S/C28H36N2O3/c1-20-21(2)27-24(22(3)26(20)32)12-13-28(4,33-27)14-15-29-16-18-30(19-17-29)25(31)11-10-23-8-6-5-7-9-23/h5-11,32H,12-19H2,1-4H3. The average Bonchev–Trinajstić information content (AvgIpc) is 2.84. The number of fused-ring (bicyclic) bond motifs is 1. The summed E-state index contributed by atoms with van der Waals surface area (Å²) in [6.07, 6.45) is 6.41. The van der Waals surface area contributed by atoms with Crippen LogP contribution in [0.25, 0.3) is 6.08 Å². The summed E-state index contributed by atoms with van der Waals surface area (Å²) < 4.78 is 6.58. The number of hydrogen-bond donors (Lipinski definition) is 1. The fourth-order valence-corrected chi connectivity index (χ4v) is 4.89. The molecule has 5 nitrogen and oxygen atoms in total. The maximum absolute atomic E-state index is 12.5. The zero-order valence-corrected chi connectivity index (χ0v) is 20.4. The van der Waals surface area contributed by atoms with E-state index in [1.807, 2.05) is 62.1 Å². The van der Waals surface area contributed by atoms with Crippen molar-refractivity contribution in [2.45, 2.75) is 52.6 Å². The van der Waals surface area contributed by atoms with Crippen LogP contribution in [0.2, 0.25) is 0 Å². The first-order valence-corrected chi connectivity index (χ1v) is 12.0. The van der Waals surface area contributed by atoms with Crippen LogP contribution in [0.3, 0.4) is 0 Å². The Labute approximate surface area is 197 Å². The molecule has 5 heteroatoms. The summed E-state index contributed by atoms with van der Waals surface area (Å²) in [7, 11) is 0. The first-order chi connectivity index (χ1) is 15.8. The fourth-order valence-electron chi connectivity index (χ4n) is 4.89. The Morgan fingerprint density at radius 1 is 1.06 bits per heavy atom. The van der Waals surface area contributed by atoms with E-state index in [2.05, 4.69) is 11.8 Å². The highest BCUT2D eigenvalue weighted by Crippen LogP contribution is 2.44. The molecule has 2 aromatic rings. The lowest BCUT2D eigenvalue weighted by atomic mass is 9.85. The highest BCUT2D eigenvalue weighted by Gasteiger charge is 2.35. The van der Waals surface area contributed by atoms with Crippen LogP contribution in [0.4, 0.5) is 0 Å². The van der Waals surface area contributed by atoms with Crippen LogP contribution < -0.4 is 4.74 Å². The van der Waals surface area contributed by atoms with Crippen molar-refractivity contribution in [1.82, 2.24) is 9.80 Å². The van der Waals surface area contributed by atoms with Gasteiger partial charge in [-0.3, -0.25) is 9.69 Å². The molecule has 0 bridgehead atoms. The predicted molar refractivity (Wildman–Crippen MR) is 133 cm³/mol. The van der Waals surface area contributed by atoms with Gasteiger partial charge in [0.15, 0.2) is 0 Å². The van der Waals surface area contributed by atoms with E-state index in [-0.39, 0.29) is 11.5 Å². The molecule has 1 atom stereocenters. The van der Waals surface area contributed by atoms with Crippen molar-refractivity contribution >= 4 is 12.0 Å². The van der Waals surface area contributed by atoms with Crippen LogP contribution in [0.15, 0.2) is 36.4 Å². The monoisotopic (exact) mass is 448 g/mol. The summed E-state index contributed by atoms with van der Waals surface area (Å²) in [4.78, 5) is 16.9. The number of hydrogen-bond acceptors (Lipinski definition) is 4. The SMILES string of the molecule is Cc1c(C)c2c(c(C)c1O)CCC(C)(CCN1CCN(C(=O)C=Cc3ccccc3)CC1)O2. The van der Waals surface area contributed by atoms with E-state index in [4.69, 9.17) is 4.74 Å². The number of nitrogens with zero attached hydrogens (tertiary/aromatic N) is 2. The topological polar surface area (TPSA) is 53.0 Å². The van der Waals surface area contributed by atoms with E-state index in [9.17, 15) is 9.90 Å². The third kappa shape index (κ3) is 5.09. The zero-order chi connectivity index (χ0) is 23.6. The second-order valence-electron chi connectivity index (χ2n) is 9.74. The zero-order valence-electron chi connectivity index (χ0n) is 20.4. The minimum atomic E-state index is -0.209. The lowest BCUT2D eigenvalue weighted by molar-refractivity contribution is -0.127. The third-order valence-corrected chi connectivity index (χ3v) is 7.45. The van der Waals surface area contributed by atoms with Crippen molar-refractivity contribution in [3.63, 3.8) is 0 Å². The lowest BCUT2D eigenvalue weighted by Crippen LogP contribution is -2.50. The highest BCUT2D eigenvalue weighted by atomic mass is 16.5. The van der Waals surface area contributed by atoms with Crippen LogP contribution in [0.5, 0.6) is 11.5 Å². The molecule has 4 rings (SSSR count). The minimum absolute atomic E-state index is 0.0853. The molecule has 2 aliphatic heterocycles. The van der Waals surface area contributed by atoms with Crippen molar-refractivity contribution in [3.8, 4) is 11.5 Å². The van der Waals surface area contributed by atoms with E-state index >= 15 is 0 Å². The number of carbonyl (C=O) groups excluding carboxylic acids is 1. The van der Waals surface area contributed by atoms with E-state index < -0.39 is 0 Å². The minimum Gasteiger partial charge on any atom is -0.507 e. The summed E-state index contributed by atoms with van der Waals surface area (Å²) >= 11 is 0. The molecule has 1 saturated heterocycles. The van der Waals surface area contributed by atoms with Gasteiger partial charge in [-0.05, 0) is 75.3 Å². The molecular formula is C28H36N2O3. The molecule has 1 amide bonds. The molecule has 0 aliphatic carbocycles. The Hall–Kier alpha value is -2.79. The van der Waals surface area contributed by atoms with Gasteiger partial charge in [-0.2, -0.15) is 0 Å². The fraction of sp³-hybridized carbons (Fsp3) is 0.464. The Morgan fingerprint density at radius 2 is 1.76 bits per heavy atom. The van der Waals surface area contributed by atoms with Gasteiger partial charge in [0.1, 0.15) is 17.1 Å². The van der Waals surface area contributed by atoms with Gasteiger partial charge < -0.3 is 14.7 Å². The van der Waals surface area contributed by atoms with Gasteiger partial charge in [0, 0.05) is 44.4 Å². The second-order valence-corrected chi connectivity index (χ2v) is 9.74. The van der Waals surface area contributed by atoms with E-state index in [0.717, 1.165) is 85.6 Å². The van der Waals surface area contributed by atoms with Gasteiger partial charge in [-0.25, -0.2) is 0 Å². The van der Waals surface area contributed by atoms with Gasteiger partial charge in [0.05, 0.1) is 0 Å². The first-order valence-electron chi connectivity index (χ1n) is 12.0. The van der Waals surface area contributed by atoms with Crippen molar-refractivity contribution in [1.29, 1.82) is 0 Å². The van der Waals surface area contributed by atoms with Crippen molar-refractivity contribution < 1.29 is 14.6 Å². The number of benzene rings is 2. The number of piperazine rings is 1. The lowest BCUT2D eigenvalue weighted by Gasteiger charge is -2.40. The summed E-state index contributed by atoms with van der Waals surface area (Å²) in [6.45, 7) is 12.5. The molecule has 2 heterocycles. The van der Waals surface area contributed by atoms with Crippen molar-refractivity contribution in [2.75, 3.05) is 32.7 Å². The smallest absolute Gasteiger partial charge is 0.246 e. The maximum atomic E-state index is 12.5. The summed E-state index contributed by atoms with van der Waals surface area (Å²) in [5.41, 5.74) is 4.91. The summed E-state index contributed by atoms with van der Waals surface area (Å²) in [6, 6.07) is 9.93. The molecule has 2 aliphatic rings. The summed E-state index contributed by atoms with van der Waals surface area (Å²) in [5, 5.41) is 10.4. The molecule has 0 radical (unpaired) electrons. The second kappa shape index (κ2) is 9.60. The van der Waals surface area contributed by atoms with Gasteiger partial charge in [0.25, 0.3) is 0 Å². The average molecular weight is 449 g/mol. The number of carbonyl (C=O) groups is 1. The molecule has 0 spiro atoms. The van der Waals surface area contributed by atoms with Gasteiger partial charge in [-0.1, -0.05) is 30.3 Å². The summed E-state index contributed by atoms with van der Waals surface area (Å²) in [5.74, 6) is 1.46. The normalized spacial score (nSPS) is 21.2. The van der Waals surface area contributed by atoms with Crippen molar-refractivity contribution in [3.05, 3.63) is 64.2 Å². The predicted octanol–water partition coefficient (Wildman–Crippen LogP) is 4.65. The quantitative estimate of drug-likeness (QED) is 0.677. The molecule has 2 aromatic carbocycles.